The minimum Gasteiger partial charge on any atom is -0.467 e. The summed E-state index contributed by atoms with van der Waals surface area (Å²) in [5, 5.41) is 6.87. The summed E-state index contributed by atoms with van der Waals surface area (Å²) < 4.78 is 48.8. The first kappa shape index (κ1) is 18.7. The molecule has 2 aliphatic rings. The highest BCUT2D eigenvalue weighted by molar-refractivity contribution is 5.94. The van der Waals surface area contributed by atoms with Crippen LogP contribution < -0.4 is 0 Å². The fourth-order valence-electron chi connectivity index (χ4n) is 3.35. The van der Waals surface area contributed by atoms with E-state index in [1.165, 1.54) is 0 Å². The van der Waals surface area contributed by atoms with Gasteiger partial charge in [0, 0.05) is 11.3 Å². The Kier molecular flexibility index (Phi) is 5.22. The summed E-state index contributed by atoms with van der Waals surface area (Å²) in [6.45, 7) is -0.989. The summed E-state index contributed by atoms with van der Waals surface area (Å²) in [6, 6.07) is 0. The van der Waals surface area contributed by atoms with Crippen LogP contribution in [0.5, 0.6) is 0 Å². The smallest absolute Gasteiger partial charge is 0.416 e. The molecule has 0 saturated carbocycles. The number of aromatic amines is 1. The zero-order valence-corrected chi connectivity index (χ0v) is 14.3. The Hall–Kier alpha value is -2.10. The lowest BCUT2D eigenvalue weighted by Gasteiger charge is -2.37. The highest BCUT2D eigenvalue weighted by Gasteiger charge is 2.49. The number of aryl methyl sites for hydroxylation is 1. The van der Waals surface area contributed by atoms with Gasteiger partial charge in [0.25, 0.3) is 5.91 Å². The monoisotopic (exact) mass is 375 g/mol. The molecule has 0 aromatic carbocycles. The van der Waals surface area contributed by atoms with Crippen LogP contribution in [0, 0.1) is 0 Å². The Labute approximate surface area is 147 Å². The molecule has 1 amide bonds. The van der Waals surface area contributed by atoms with Gasteiger partial charge in [-0.15, -0.1) is 0 Å². The zero-order chi connectivity index (χ0) is 18.9. The number of hydrogen-bond acceptors (Lipinski definition) is 5. The van der Waals surface area contributed by atoms with Gasteiger partial charge in [0.1, 0.15) is 0 Å². The van der Waals surface area contributed by atoms with Gasteiger partial charge in [0.2, 0.25) is 0 Å². The molecular formula is C16H20F3N3O4. The fourth-order valence-corrected chi connectivity index (χ4v) is 3.35. The number of methoxy groups -OCH3 is 1. The van der Waals surface area contributed by atoms with E-state index in [9.17, 15) is 22.8 Å². The van der Waals surface area contributed by atoms with Gasteiger partial charge >= 0.3 is 12.1 Å². The van der Waals surface area contributed by atoms with Crippen LogP contribution in [0.1, 0.15) is 41.0 Å². The molecule has 1 aliphatic heterocycles. The van der Waals surface area contributed by atoms with E-state index in [1.54, 1.807) is 0 Å². The third-order valence-corrected chi connectivity index (χ3v) is 4.73. The third kappa shape index (κ3) is 3.69. The summed E-state index contributed by atoms with van der Waals surface area (Å²) in [5.41, 5.74) is 1.75. The predicted octanol–water partition coefficient (Wildman–Crippen LogP) is 1.62. The number of nitrogens with zero attached hydrogens (tertiary/aromatic N) is 2. The lowest BCUT2D eigenvalue weighted by atomic mass is 10.1. The third-order valence-electron chi connectivity index (χ3n) is 4.73. The number of halogens is 3. The van der Waals surface area contributed by atoms with Crippen molar-refractivity contribution in [3.8, 4) is 0 Å². The average molecular weight is 375 g/mol. The number of rotatable bonds is 2. The molecule has 144 valence electrons. The fraction of sp³-hybridized carbons (Fsp3) is 0.688. The van der Waals surface area contributed by atoms with E-state index in [2.05, 4.69) is 14.9 Å². The molecule has 1 fully saturated rings. The van der Waals surface area contributed by atoms with Crippen LogP contribution in [0.2, 0.25) is 0 Å². The molecule has 0 radical (unpaired) electrons. The highest BCUT2D eigenvalue weighted by atomic mass is 19.4. The largest absolute Gasteiger partial charge is 0.467 e. The second-order valence-electron chi connectivity index (χ2n) is 6.48. The van der Waals surface area contributed by atoms with Crippen LogP contribution in [-0.4, -0.2) is 65.6 Å². The number of morpholine rings is 1. The van der Waals surface area contributed by atoms with Gasteiger partial charge in [-0.05, 0) is 25.7 Å². The van der Waals surface area contributed by atoms with Crippen LogP contribution >= 0.6 is 0 Å². The number of fused-ring (bicyclic) bond motifs is 1. The number of alkyl halides is 3. The first-order chi connectivity index (χ1) is 12.3. The Balaban J connectivity index is 1.85. The minimum atomic E-state index is -4.70. The van der Waals surface area contributed by atoms with Crippen LogP contribution in [0.4, 0.5) is 13.2 Å². The van der Waals surface area contributed by atoms with Gasteiger partial charge in [-0.25, -0.2) is 4.79 Å². The molecule has 26 heavy (non-hydrogen) atoms. The van der Waals surface area contributed by atoms with Crippen molar-refractivity contribution in [2.45, 2.75) is 50.5 Å². The lowest BCUT2D eigenvalue weighted by molar-refractivity contribution is -0.250. The van der Waals surface area contributed by atoms with Crippen molar-refractivity contribution in [3.63, 3.8) is 0 Å². The Morgan fingerprint density at radius 3 is 2.65 bits per heavy atom. The van der Waals surface area contributed by atoms with Crippen molar-refractivity contribution in [1.82, 2.24) is 15.1 Å². The van der Waals surface area contributed by atoms with Gasteiger partial charge in [0.15, 0.2) is 17.9 Å². The maximum absolute atomic E-state index is 13.2. The molecule has 2 atom stereocenters. The summed E-state index contributed by atoms with van der Waals surface area (Å²) in [7, 11) is 1.06. The second kappa shape index (κ2) is 7.26. The molecular weight excluding hydrogens is 355 g/mol. The summed E-state index contributed by atoms with van der Waals surface area (Å²) in [5.74, 6) is -1.58. The number of H-pyrrole nitrogens is 1. The first-order valence-electron chi connectivity index (χ1n) is 8.46. The van der Waals surface area contributed by atoms with Gasteiger partial charge in [-0.1, -0.05) is 6.42 Å². The van der Waals surface area contributed by atoms with E-state index in [-0.39, 0.29) is 12.2 Å². The standard InChI is InChI=1S/C16H20F3N3O4/c1-25-15(24)11-7-22(8-12(26-11)16(17,18)19)14(23)13-9-5-3-2-4-6-10(9)20-21-13/h11-12H,2-8H2,1H3,(H,20,21). The number of aromatic nitrogens is 2. The van der Waals surface area contributed by atoms with Gasteiger partial charge in [-0.3, -0.25) is 9.89 Å². The molecule has 2 unspecified atom stereocenters. The van der Waals surface area contributed by atoms with Crippen molar-refractivity contribution in [3.05, 3.63) is 17.0 Å². The molecule has 3 rings (SSSR count). The Bertz CT molecular complexity index is 689. The second-order valence-corrected chi connectivity index (χ2v) is 6.48. The summed E-state index contributed by atoms with van der Waals surface area (Å²) >= 11 is 0. The van der Waals surface area contributed by atoms with Gasteiger partial charge in [0.05, 0.1) is 20.2 Å². The maximum atomic E-state index is 13.2. The predicted molar refractivity (Wildman–Crippen MR) is 82.5 cm³/mol. The number of nitrogens with one attached hydrogen (secondary N) is 1. The molecule has 10 heteroatoms. The van der Waals surface area contributed by atoms with Crippen molar-refractivity contribution >= 4 is 11.9 Å². The maximum Gasteiger partial charge on any atom is 0.416 e. The van der Waals surface area contributed by atoms with Crippen molar-refractivity contribution in [1.29, 1.82) is 0 Å². The first-order valence-corrected chi connectivity index (χ1v) is 8.46. The number of hydrogen-bond donors (Lipinski definition) is 1. The number of ether oxygens (including phenoxy) is 2. The summed E-state index contributed by atoms with van der Waals surface area (Å²) in [4.78, 5) is 25.5. The van der Waals surface area contributed by atoms with E-state index in [4.69, 9.17) is 4.74 Å². The minimum absolute atomic E-state index is 0.133. The normalized spacial score (nSPS) is 23.9. The number of esters is 1. The average Bonchev–Trinajstić information content (AvgIpc) is 2.87. The molecule has 0 bridgehead atoms. The van der Waals surface area contributed by atoms with Crippen LogP contribution in [0.3, 0.4) is 0 Å². The number of amides is 1. The van der Waals surface area contributed by atoms with E-state index >= 15 is 0 Å². The SMILES string of the molecule is COC(=O)C1CN(C(=O)c2n[nH]c3c2CCCCC3)CC(C(F)(F)F)O1. The molecule has 1 aliphatic carbocycles. The van der Waals surface area contributed by atoms with Crippen molar-refractivity contribution in [2.75, 3.05) is 20.2 Å². The van der Waals surface area contributed by atoms with E-state index in [1.807, 2.05) is 0 Å². The molecule has 2 heterocycles. The van der Waals surface area contributed by atoms with Crippen molar-refractivity contribution in [2.24, 2.45) is 0 Å². The van der Waals surface area contributed by atoms with E-state index < -0.39 is 36.8 Å². The zero-order valence-electron chi connectivity index (χ0n) is 14.3. The highest BCUT2D eigenvalue weighted by Crippen LogP contribution is 2.30. The molecule has 1 saturated heterocycles. The number of carbonyl (C=O) groups is 2. The molecule has 1 aromatic rings. The van der Waals surface area contributed by atoms with Crippen LogP contribution in [0.25, 0.3) is 0 Å². The topological polar surface area (TPSA) is 84.5 Å². The molecule has 7 nitrogen and oxygen atoms in total. The van der Waals surface area contributed by atoms with Crippen LogP contribution in [0.15, 0.2) is 0 Å². The summed E-state index contributed by atoms with van der Waals surface area (Å²) in [6.07, 6.45) is -4.13. The van der Waals surface area contributed by atoms with Crippen molar-refractivity contribution < 1.29 is 32.2 Å². The molecule has 0 spiro atoms. The molecule has 1 aromatic heterocycles. The Morgan fingerprint density at radius 1 is 1.23 bits per heavy atom. The lowest BCUT2D eigenvalue weighted by Crippen LogP contribution is -2.57. The Morgan fingerprint density at radius 2 is 1.96 bits per heavy atom. The van der Waals surface area contributed by atoms with E-state index in [0.29, 0.717) is 6.42 Å². The quantitative estimate of drug-likeness (QED) is 0.627. The van der Waals surface area contributed by atoms with Gasteiger partial charge < -0.3 is 14.4 Å². The van der Waals surface area contributed by atoms with Crippen LogP contribution in [-0.2, 0) is 27.1 Å². The van der Waals surface area contributed by atoms with Gasteiger partial charge in [-0.2, -0.15) is 18.3 Å². The van der Waals surface area contributed by atoms with E-state index in [0.717, 1.165) is 49.0 Å². The number of carbonyl (C=O) groups excluding carboxylic acids is 2. The molecule has 1 N–H and O–H groups in total.